The second-order valence-electron chi connectivity index (χ2n) is 14.3. The summed E-state index contributed by atoms with van der Waals surface area (Å²) in [7, 11) is -1.86. The van der Waals surface area contributed by atoms with Crippen LogP contribution < -0.4 is 5.19 Å². The number of benzene rings is 3. The van der Waals surface area contributed by atoms with E-state index in [2.05, 4.69) is 117 Å². The molecule has 0 spiro atoms. The van der Waals surface area contributed by atoms with E-state index in [9.17, 15) is 0 Å². The van der Waals surface area contributed by atoms with Crippen LogP contribution in [0.2, 0.25) is 18.1 Å². The van der Waals surface area contributed by atoms with Gasteiger partial charge in [0.15, 0.2) is 0 Å². The maximum atomic E-state index is 4.97. The molecule has 210 valence electrons. The minimum absolute atomic E-state index is 0.114. The average molecular weight is 567 g/mol. The first-order valence-electron chi connectivity index (χ1n) is 15.1. The third-order valence-corrected chi connectivity index (χ3v) is 15.7. The van der Waals surface area contributed by atoms with Crippen LogP contribution >= 0.6 is 11.3 Å². The second kappa shape index (κ2) is 11.0. The lowest BCUT2D eigenvalue weighted by molar-refractivity contribution is 0.591. The van der Waals surface area contributed by atoms with Crippen LogP contribution in [-0.2, 0) is 5.41 Å². The van der Waals surface area contributed by atoms with Crippen molar-refractivity contribution in [2.75, 3.05) is 0 Å². The van der Waals surface area contributed by atoms with Gasteiger partial charge in [0.2, 0.25) is 0 Å². The third-order valence-electron chi connectivity index (χ3n) is 8.22. The molecule has 2 nitrogen and oxygen atoms in total. The molecule has 3 aromatic carbocycles. The van der Waals surface area contributed by atoms with Crippen LogP contribution in [0.5, 0.6) is 0 Å². The third kappa shape index (κ3) is 5.62. The fourth-order valence-corrected chi connectivity index (χ4v) is 15.4. The van der Waals surface area contributed by atoms with E-state index in [0.29, 0.717) is 17.8 Å². The van der Waals surface area contributed by atoms with Gasteiger partial charge < -0.3 is 0 Å². The van der Waals surface area contributed by atoms with Crippen molar-refractivity contribution in [1.82, 2.24) is 9.97 Å². The molecular formula is C36H46N2SSi. The normalized spacial score (nSPS) is 13.1. The molecule has 0 unspecified atom stereocenters. The molecule has 0 amide bonds. The van der Waals surface area contributed by atoms with Gasteiger partial charge in [-0.15, -0.1) is 11.3 Å². The molecule has 5 aromatic rings. The lowest BCUT2D eigenvalue weighted by Crippen LogP contribution is -2.51. The van der Waals surface area contributed by atoms with E-state index < -0.39 is 8.07 Å². The van der Waals surface area contributed by atoms with Gasteiger partial charge in [0.05, 0.1) is 24.0 Å². The molecular weight excluding hydrogens is 521 g/mol. The summed E-state index contributed by atoms with van der Waals surface area (Å²) in [5.74, 6) is 2.03. The van der Waals surface area contributed by atoms with E-state index in [0.717, 1.165) is 11.2 Å². The molecule has 0 atom stereocenters. The highest BCUT2D eigenvalue weighted by Crippen LogP contribution is 2.41. The number of rotatable bonds is 8. The molecule has 0 radical (unpaired) electrons. The molecule has 0 fully saturated rings. The van der Waals surface area contributed by atoms with Crippen LogP contribution in [0.1, 0.15) is 67.9 Å². The summed E-state index contributed by atoms with van der Waals surface area (Å²) >= 11 is 1.85. The van der Waals surface area contributed by atoms with Gasteiger partial charge >= 0.3 is 0 Å². The largest absolute Gasteiger partial charge is 0.235 e. The first-order valence-corrected chi connectivity index (χ1v) is 18.5. The topological polar surface area (TPSA) is 25.8 Å². The van der Waals surface area contributed by atoms with Crippen LogP contribution in [0.25, 0.3) is 42.3 Å². The molecule has 0 saturated heterocycles. The smallest absolute Gasteiger partial charge is 0.116 e. The Balaban J connectivity index is 1.80. The molecule has 0 bridgehead atoms. The van der Waals surface area contributed by atoms with Crippen molar-refractivity contribution >= 4 is 55.7 Å². The number of aromatic nitrogens is 2. The predicted octanol–water partition coefficient (Wildman–Crippen LogP) is 10.6. The molecule has 40 heavy (non-hydrogen) atoms. The Labute approximate surface area is 246 Å². The van der Waals surface area contributed by atoms with E-state index in [1.165, 1.54) is 54.8 Å². The SMILES string of the molecule is CC(C)C[Si](CC(C)C)(CC(C)C)c1cc(-c2ncnc3c2sc2cc(C(C)(C)C)ccc23)cc2ccccc12. The van der Waals surface area contributed by atoms with Crippen molar-refractivity contribution in [2.45, 2.75) is 85.9 Å². The minimum atomic E-state index is -1.86. The Kier molecular flexibility index (Phi) is 7.98. The standard InChI is InChI=1S/C36H46N2SSi/c1-23(2)19-40(20-24(3)4,21-25(5)6)32-17-27(16-26-12-10-11-13-29(26)32)33-35-34(38-22-37-33)30-15-14-28(36(7,8)9)18-31(30)39-35/h10-18,22-25H,19-21H2,1-9H3. The summed E-state index contributed by atoms with van der Waals surface area (Å²) < 4.78 is 2.50. The molecule has 5 rings (SSSR count). The minimum Gasteiger partial charge on any atom is -0.235 e. The number of hydrogen-bond acceptors (Lipinski definition) is 3. The van der Waals surface area contributed by atoms with Gasteiger partial charge in [-0.05, 0) is 51.6 Å². The van der Waals surface area contributed by atoms with Gasteiger partial charge in [-0.3, -0.25) is 0 Å². The van der Waals surface area contributed by atoms with Gasteiger partial charge in [-0.25, -0.2) is 9.97 Å². The Morgan fingerprint density at radius 3 is 2.02 bits per heavy atom. The van der Waals surface area contributed by atoms with E-state index in [1.807, 2.05) is 11.3 Å². The molecule has 4 heteroatoms. The highest BCUT2D eigenvalue weighted by Gasteiger charge is 2.38. The zero-order chi connectivity index (χ0) is 28.8. The number of hydrogen-bond donors (Lipinski definition) is 0. The van der Waals surface area contributed by atoms with Crippen LogP contribution in [0.3, 0.4) is 0 Å². The van der Waals surface area contributed by atoms with Gasteiger partial charge in [0.1, 0.15) is 6.33 Å². The van der Waals surface area contributed by atoms with Crippen molar-refractivity contribution in [3.05, 3.63) is 66.5 Å². The van der Waals surface area contributed by atoms with E-state index >= 15 is 0 Å². The first-order chi connectivity index (χ1) is 18.9. The monoisotopic (exact) mass is 566 g/mol. The summed E-state index contributed by atoms with van der Waals surface area (Å²) in [6.07, 6.45) is 1.78. The van der Waals surface area contributed by atoms with Crippen LogP contribution in [0.15, 0.2) is 60.9 Å². The quantitative estimate of drug-likeness (QED) is 0.175. The lowest BCUT2D eigenvalue weighted by atomic mass is 9.87. The Bertz CT molecular complexity index is 1630. The molecule has 2 aromatic heterocycles. The van der Waals surface area contributed by atoms with Gasteiger partial charge in [-0.2, -0.15) is 0 Å². The zero-order valence-electron chi connectivity index (χ0n) is 25.9. The van der Waals surface area contributed by atoms with Crippen LogP contribution in [-0.4, -0.2) is 18.0 Å². The van der Waals surface area contributed by atoms with Gasteiger partial charge in [0.25, 0.3) is 0 Å². The summed E-state index contributed by atoms with van der Waals surface area (Å²) in [6.45, 7) is 21.4. The van der Waals surface area contributed by atoms with Gasteiger partial charge in [0, 0.05) is 15.6 Å². The van der Waals surface area contributed by atoms with Crippen LogP contribution in [0.4, 0.5) is 0 Å². The maximum absolute atomic E-state index is 4.97. The van der Waals surface area contributed by atoms with Crippen molar-refractivity contribution in [2.24, 2.45) is 17.8 Å². The van der Waals surface area contributed by atoms with Crippen LogP contribution in [0, 0.1) is 17.8 Å². The lowest BCUT2D eigenvalue weighted by Gasteiger charge is -2.38. The highest BCUT2D eigenvalue weighted by molar-refractivity contribution is 7.26. The Morgan fingerprint density at radius 2 is 1.40 bits per heavy atom. The number of fused-ring (bicyclic) bond motifs is 4. The van der Waals surface area contributed by atoms with Crippen molar-refractivity contribution in [3.8, 4) is 11.3 Å². The fourth-order valence-electron chi connectivity index (χ4n) is 7.06. The van der Waals surface area contributed by atoms with Crippen molar-refractivity contribution < 1.29 is 0 Å². The fraction of sp³-hybridized carbons (Fsp3) is 0.444. The average Bonchev–Trinajstić information content (AvgIpc) is 3.24. The molecule has 0 aliphatic carbocycles. The summed E-state index contributed by atoms with van der Waals surface area (Å²) in [4.78, 5) is 9.78. The molecule has 2 heterocycles. The molecule has 0 aliphatic rings. The van der Waals surface area contributed by atoms with Crippen molar-refractivity contribution in [3.63, 3.8) is 0 Å². The van der Waals surface area contributed by atoms with E-state index in [-0.39, 0.29) is 5.41 Å². The maximum Gasteiger partial charge on any atom is 0.116 e. The summed E-state index contributed by atoms with van der Waals surface area (Å²) in [5.41, 5.74) is 4.88. The van der Waals surface area contributed by atoms with E-state index in [1.54, 1.807) is 11.5 Å². The molecule has 0 aliphatic heterocycles. The second-order valence-corrected chi connectivity index (χ2v) is 19.7. The van der Waals surface area contributed by atoms with Crippen molar-refractivity contribution in [1.29, 1.82) is 0 Å². The van der Waals surface area contributed by atoms with Gasteiger partial charge in [-0.1, -0.05) is 128 Å². The zero-order valence-corrected chi connectivity index (χ0v) is 27.7. The summed E-state index contributed by atoms with van der Waals surface area (Å²) in [5, 5.41) is 5.67. The van der Waals surface area contributed by atoms with E-state index in [4.69, 9.17) is 9.97 Å². The molecule has 0 saturated carbocycles. The summed E-state index contributed by atoms with van der Waals surface area (Å²) in [6, 6.07) is 24.9. The Morgan fingerprint density at radius 1 is 0.750 bits per heavy atom. The number of thiophene rings is 1. The Hall–Kier alpha value is -2.56. The molecule has 0 N–H and O–H groups in total. The predicted molar refractivity (Wildman–Crippen MR) is 181 cm³/mol. The number of nitrogens with zero attached hydrogens (tertiary/aromatic N) is 2. The highest BCUT2D eigenvalue weighted by atomic mass is 32.1. The first kappa shape index (κ1) is 28.9.